The lowest BCUT2D eigenvalue weighted by Gasteiger charge is -2.30. The second-order valence-corrected chi connectivity index (χ2v) is 5.47. The van der Waals surface area contributed by atoms with Gasteiger partial charge >= 0.3 is 0 Å². The summed E-state index contributed by atoms with van der Waals surface area (Å²) >= 11 is 0. The molecule has 0 saturated carbocycles. The summed E-state index contributed by atoms with van der Waals surface area (Å²) in [5.74, 6) is 0. The van der Waals surface area contributed by atoms with Crippen LogP contribution in [0.15, 0.2) is 18.3 Å². The van der Waals surface area contributed by atoms with Crippen LogP contribution >= 0.6 is 0 Å². The van der Waals surface area contributed by atoms with Crippen LogP contribution in [-0.4, -0.2) is 11.0 Å². The maximum Gasteiger partial charge on any atom is 0.0570 e. The third-order valence-corrected chi connectivity index (χ3v) is 3.09. The van der Waals surface area contributed by atoms with Gasteiger partial charge in [-0.15, -0.1) is 0 Å². The van der Waals surface area contributed by atoms with E-state index >= 15 is 0 Å². The van der Waals surface area contributed by atoms with E-state index in [0.29, 0.717) is 11.5 Å². The topological polar surface area (TPSA) is 24.9 Å². The Hall–Kier alpha value is -0.890. The van der Waals surface area contributed by atoms with E-state index < -0.39 is 0 Å². The van der Waals surface area contributed by atoms with Crippen molar-refractivity contribution in [3.8, 4) is 0 Å². The summed E-state index contributed by atoms with van der Waals surface area (Å²) in [4.78, 5) is 4.40. The van der Waals surface area contributed by atoms with Crippen LogP contribution in [0.3, 0.4) is 0 Å². The fourth-order valence-electron chi connectivity index (χ4n) is 1.99. The Morgan fingerprint density at radius 3 is 2.56 bits per heavy atom. The highest BCUT2D eigenvalue weighted by atomic mass is 14.9. The Morgan fingerprint density at radius 1 is 1.38 bits per heavy atom. The number of aryl methyl sites for hydroxylation is 1. The summed E-state index contributed by atoms with van der Waals surface area (Å²) in [7, 11) is 0. The summed E-state index contributed by atoms with van der Waals surface area (Å²) in [5.41, 5.74) is 2.72. The molecule has 1 unspecified atom stereocenters. The molecule has 0 aliphatic heterocycles. The quantitative estimate of drug-likeness (QED) is 0.842. The van der Waals surface area contributed by atoms with Gasteiger partial charge in [0.15, 0.2) is 0 Å². The van der Waals surface area contributed by atoms with Crippen LogP contribution in [-0.2, 0) is 6.54 Å². The van der Waals surface area contributed by atoms with Gasteiger partial charge in [0.05, 0.1) is 5.69 Å². The molecular formula is C14H24N2. The van der Waals surface area contributed by atoms with E-state index in [9.17, 15) is 0 Å². The molecule has 1 heterocycles. The summed E-state index contributed by atoms with van der Waals surface area (Å²) in [6, 6.07) is 4.64. The molecular weight excluding hydrogens is 196 g/mol. The molecule has 0 fully saturated rings. The van der Waals surface area contributed by atoms with Crippen molar-refractivity contribution in [1.29, 1.82) is 0 Å². The van der Waals surface area contributed by atoms with E-state index in [1.54, 1.807) is 0 Å². The lowest BCUT2D eigenvalue weighted by Crippen LogP contribution is -2.39. The lowest BCUT2D eigenvalue weighted by atomic mass is 9.85. The van der Waals surface area contributed by atoms with Crippen LogP contribution < -0.4 is 5.32 Å². The van der Waals surface area contributed by atoms with Crippen molar-refractivity contribution in [3.63, 3.8) is 0 Å². The molecule has 0 aliphatic carbocycles. The predicted octanol–water partition coefficient (Wildman–Crippen LogP) is 3.30. The highest BCUT2D eigenvalue weighted by Crippen LogP contribution is 2.21. The molecule has 1 N–H and O–H groups in total. The first-order chi connectivity index (χ1) is 7.45. The number of rotatable bonds is 4. The average molecular weight is 220 g/mol. The second-order valence-electron chi connectivity index (χ2n) is 5.47. The van der Waals surface area contributed by atoms with Gasteiger partial charge in [0, 0.05) is 18.8 Å². The van der Waals surface area contributed by atoms with Crippen molar-refractivity contribution < 1.29 is 0 Å². The zero-order valence-electron chi connectivity index (χ0n) is 11.2. The Balaban J connectivity index is 2.60. The smallest absolute Gasteiger partial charge is 0.0570 e. The first kappa shape index (κ1) is 13.2. The monoisotopic (exact) mass is 220 g/mol. The van der Waals surface area contributed by atoms with E-state index in [1.807, 2.05) is 12.3 Å². The largest absolute Gasteiger partial charge is 0.308 e. The van der Waals surface area contributed by atoms with Gasteiger partial charge in [0.1, 0.15) is 0 Å². The van der Waals surface area contributed by atoms with Crippen molar-refractivity contribution in [2.24, 2.45) is 5.41 Å². The molecule has 16 heavy (non-hydrogen) atoms. The summed E-state index contributed by atoms with van der Waals surface area (Å²) in [6.45, 7) is 12.0. The zero-order valence-corrected chi connectivity index (χ0v) is 11.2. The minimum absolute atomic E-state index is 0.303. The highest BCUT2D eigenvalue weighted by molar-refractivity contribution is 5.17. The molecule has 0 spiro atoms. The van der Waals surface area contributed by atoms with Crippen molar-refractivity contribution in [2.75, 3.05) is 0 Å². The molecule has 1 aromatic rings. The minimum Gasteiger partial charge on any atom is -0.308 e. The molecule has 2 heteroatoms. The van der Waals surface area contributed by atoms with Gasteiger partial charge in [0.25, 0.3) is 0 Å². The van der Waals surface area contributed by atoms with E-state index in [-0.39, 0.29) is 0 Å². The van der Waals surface area contributed by atoms with Crippen molar-refractivity contribution in [1.82, 2.24) is 10.3 Å². The van der Waals surface area contributed by atoms with Gasteiger partial charge < -0.3 is 5.32 Å². The van der Waals surface area contributed by atoms with Gasteiger partial charge in [-0.25, -0.2) is 0 Å². The Morgan fingerprint density at radius 2 is 2.06 bits per heavy atom. The van der Waals surface area contributed by atoms with E-state index in [1.165, 1.54) is 5.56 Å². The van der Waals surface area contributed by atoms with E-state index in [4.69, 9.17) is 0 Å². The lowest BCUT2D eigenvalue weighted by molar-refractivity contribution is 0.259. The fourth-order valence-corrected chi connectivity index (χ4v) is 1.99. The van der Waals surface area contributed by atoms with Crippen LogP contribution in [0.2, 0.25) is 0 Å². The standard InChI is InChI=1S/C14H24N2/c1-6-13(14(3,4)5)16-10-12-11(2)8-7-9-15-12/h7-9,13,16H,6,10H2,1-5H3. The van der Waals surface area contributed by atoms with Gasteiger partial charge in [-0.2, -0.15) is 0 Å². The Labute approximate surface area is 99.5 Å². The third kappa shape index (κ3) is 3.60. The first-order valence-electron chi connectivity index (χ1n) is 6.09. The van der Waals surface area contributed by atoms with Crippen LogP contribution in [0.4, 0.5) is 0 Å². The van der Waals surface area contributed by atoms with Crippen LogP contribution in [0.1, 0.15) is 45.4 Å². The minimum atomic E-state index is 0.303. The Kier molecular flexibility index (Phi) is 4.48. The van der Waals surface area contributed by atoms with Gasteiger partial charge in [-0.3, -0.25) is 4.98 Å². The van der Waals surface area contributed by atoms with Crippen LogP contribution in [0.5, 0.6) is 0 Å². The van der Waals surface area contributed by atoms with Crippen molar-refractivity contribution >= 4 is 0 Å². The molecule has 2 nitrogen and oxygen atoms in total. The molecule has 0 aliphatic rings. The summed E-state index contributed by atoms with van der Waals surface area (Å²) in [6.07, 6.45) is 3.01. The normalized spacial score (nSPS) is 13.8. The third-order valence-electron chi connectivity index (χ3n) is 3.09. The number of pyridine rings is 1. The van der Waals surface area contributed by atoms with Crippen molar-refractivity contribution in [2.45, 2.75) is 53.6 Å². The number of nitrogens with zero attached hydrogens (tertiary/aromatic N) is 1. The fraction of sp³-hybridized carbons (Fsp3) is 0.643. The number of nitrogens with one attached hydrogen (secondary N) is 1. The predicted molar refractivity (Wildman–Crippen MR) is 69.3 cm³/mol. The molecule has 0 saturated heterocycles. The number of hydrogen-bond donors (Lipinski definition) is 1. The Bertz CT molecular complexity index is 326. The molecule has 90 valence electrons. The van der Waals surface area contributed by atoms with E-state index in [2.05, 4.69) is 51.0 Å². The summed E-state index contributed by atoms with van der Waals surface area (Å²) in [5, 5.41) is 3.60. The zero-order chi connectivity index (χ0) is 12.2. The molecule has 0 radical (unpaired) electrons. The molecule has 1 aromatic heterocycles. The number of hydrogen-bond acceptors (Lipinski definition) is 2. The maximum absolute atomic E-state index is 4.40. The van der Waals surface area contributed by atoms with Gasteiger partial charge in [-0.05, 0) is 30.4 Å². The highest BCUT2D eigenvalue weighted by Gasteiger charge is 2.22. The van der Waals surface area contributed by atoms with Gasteiger partial charge in [0.2, 0.25) is 0 Å². The average Bonchev–Trinajstić information content (AvgIpc) is 2.19. The van der Waals surface area contributed by atoms with Crippen LogP contribution in [0.25, 0.3) is 0 Å². The molecule has 1 rings (SSSR count). The van der Waals surface area contributed by atoms with Gasteiger partial charge in [-0.1, -0.05) is 33.8 Å². The van der Waals surface area contributed by atoms with Crippen molar-refractivity contribution in [3.05, 3.63) is 29.6 Å². The SMILES string of the molecule is CCC(NCc1ncccc1C)C(C)(C)C. The molecule has 0 amide bonds. The first-order valence-corrected chi connectivity index (χ1v) is 6.09. The second kappa shape index (κ2) is 5.44. The molecule has 0 bridgehead atoms. The maximum atomic E-state index is 4.40. The van der Waals surface area contributed by atoms with Crippen LogP contribution in [0, 0.1) is 12.3 Å². The number of aromatic nitrogens is 1. The van der Waals surface area contributed by atoms with E-state index in [0.717, 1.165) is 18.7 Å². The molecule has 1 atom stereocenters. The molecule has 0 aromatic carbocycles. The summed E-state index contributed by atoms with van der Waals surface area (Å²) < 4.78 is 0.